The fourth-order valence-electron chi connectivity index (χ4n) is 1.49. The van der Waals surface area contributed by atoms with Gasteiger partial charge in [-0.05, 0) is 0 Å². The van der Waals surface area contributed by atoms with Gasteiger partial charge in [-0.3, -0.25) is 0 Å². The van der Waals surface area contributed by atoms with Crippen LogP contribution in [0.5, 0.6) is 0 Å². The van der Waals surface area contributed by atoms with Crippen molar-refractivity contribution in [1.82, 2.24) is 0 Å². The van der Waals surface area contributed by atoms with Crippen molar-refractivity contribution in [3.8, 4) is 0 Å². The van der Waals surface area contributed by atoms with Crippen molar-refractivity contribution < 1.29 is 0 Å². The molecule has 0 N–H and O–H groups in total. The topological polar surface area (TPSA) is 0 Å². The Morgan fingerprint density at radius 3 is 1.19 bits per heavy atom. The van der Waals surface area contributed by atoms with Crippen LogP contribution in [0.4, 0.5) is 0 Å². The Bertz CT molecular complexity index is 430. The fraction of sp³-hybridized carbons (Fsp3) is 0. The first-order valence-electron chi connectivity index (χ1n) is 4.78. The van der Waals surface area contributed by atoms with Crippen molar-refractivity contribution in [3.63, 3.8) is 0 Å². The van der Waals surface area contributed by atoms with E-state index in [-0.39, 0.29) is 0 Å². The third-order valence-corrected chi connectivity index (χ3v) is 14.7. The van der Waals surface area contributed by atoms with Crippen molar-refractivity contribution in [1.29, 1.82) is 0 Å². The predicted octanol–water partition coefficient (Wildman–Crippen LogP) is 5.24. The molecule has 0 heterocycles. The summed E-state index contributed by atoms with van der Waals surface area (Å²) in [6, 6.07) is 21.6. The Kier molecular flexibility index (Phi) is 4.19. The van der Waals surface area contributed by atoms with Crippen molar-refractivity contribution in [2.75, 3.05) is 0 Å². The molecule has 0 aromatic heterocycles. The Balaban J connectivity index is 2.60. The van der Waals surface area contributed by atoms with Crippen LogP contribution in [0.3, 0.4) is 0 Å². The molecule has 0 spiro atoms. The van der Waals surface area contributed by atoms with E-state index >= 15 is 0 Å². The number of halogens is 3. The Morgan fingerprint density at radius 2 is 0.875 bits per heavy atom. The van der Waals surface area contributed by atoms with Gasteiger partial charge in [0.1, 0.15) is 0 Å². The monoisotopic (exact) mass is 566 g/mol. The van der Waals surface area contributed by atoms with Gasteiger partial charge in [0.2, 0.25) is 0 Å². The molecule has 0 unspecified atom stereocenters. The van der Waals surface area contributed by atoms with E-state index < -0.39 is -0.469 Å². The van der Waals surface area contributed by atoms with E-state index in [9.17, 15) is 0 Å². The summed E-state index contributed by atoms with van der Waals surface area (Å²) < 4.78 is -2.02. The SMILES string of the molecule is IP(I)(I)(c1ccccc1)c1ccccc1. The molecule has 2 aromatic rings. The van der Waals surface area contributed by atoms with Crippen LogP contribution in [0.25, 0.3) is 0 Å². The van der Waals surface area contributed by atoms with Crippen molar-refractivity contribution in [2.45, 2.75) is 0 Å². The van der Waals surface area contributed by atoms with Gasteiger partial charge in [-0.2, -0.15) is 0 Å². The van der Waals surface area contributed by atoms with Crippen LogP contribution in [0.2, 0.25) is 0 Å². The maximum absolute atomic E-state index is 2.65. The van der Waals surface area contributed by atoms with Crippen LogP contribution in [0, 0.1) is 0 Å². The van der Waals surface area contributed by atoms with Gasteiger partial charge < -0.3 is 0 Å². The van der Waals surface area contributed by atoms with Gasteiger partial charge in [0.15, 0.2) is 0 Å². The molecule has 84 valence electrons. The van der Waals surface area contributed by atoms with Crippen molar-refractivity contribution in [2.24, 2.45) is 0 Å². The van der Waals surface area contributed by atoms with E-state index in [1.54, 1.807) is 0 Å². The minimum absolute atomic E-state index is 1.43. The zero-order valence-electron chi connectivity index (χ0n) is 8.35. The molecule has 0 saturated carbocycles. The number of hydrogen-bond acceptors (Lipinski definition) is 0. The average molecular weight is 566 g/mol. The van der Waals surface area contributed by atoms with Crippen molar-refractivity contribution >= 4 is 76.3 Å². The van der Waals surface area contributed by atoms with E-state index in [1.165, 1.54) is 10.6 Å². The van der Waals surface area contributed by atoms with Gasteiger partial charge in [0.25, 0.3) is 0 Å². The average Bonchev–Trinajstić information content (AvgIpc) is 2.31. The maximum atomic E-state index is 2.65. The molecule has 2 rings (SSSR count). The van der Waals surface area contributed by atoms with Gasteiger partial charge in [0.05, 0.1) is 0 Å². The van der Waals surface area contributed by atoms with Gasteiger partial charge >= 0.3 is 137 Å². The number of benzene rings is 2. The van der Waals surface area contributed by atoms with Gasteiger partial charge in [-0.1, -0.05) is 0 Å². The zero-order chi connectivity index (χ0) is 11.7. The van der Waals surface area contributed by atoms with Crippen LogP contribution in [-0.4, -0.2) is 0 Å². The van der Waals surface area contributed by atoms with Crippen LogP contribution in [0.1, 0.15) is 0 Å². The van der Waals surface area contributed by atoms with Crippen LogP contribution >= 0.6 is 65.7 Å². The summed E-state index contributed by atoms with van der Waals surface area (Å²) in [5, 5.41) is 2.86. The molecule has 2 aromatic carbocycles. The second-order valence-corrected chi connectivity index (χ2v) is 40.1. The minimum atomic E-state index is -2.02. The van der Waals surface area contributed by atoms with Crippen LogP contribution < -0.4 is 10.6 Å². The molecular weight excluding hydrogens is 556 g/mol. The van der Waals surface area contributed by atoms with Gasteiger partial charge in [-0.15, -0.1) is 0 Å². The van der Waals surface area contributed by atoms with E-state index in [1.807, 2.05) is 0 Å². The molecule has 0 aliphatic carbocycles. The first-order chi connectivity index (χ1) is 7.49. The summed E-state index contributed by atoms with van der Waals surface area (Å²) >= 11 is 7.94. The van der Waals surface area contributed by atoms with Crippen LogP contribution in [-0.2, 0) is 0 Å². The predicted molar refractivity (Wildman–Crippen MR) is 101 cm³/mol. The first-order valence-corrected chi connectivity index (χ1v) is 15.4. The second kappa shape index (κ2) is 4.97. The molecule has 0 nitrogen and oxygen atoms in total. The Hall–Kier alpha value is 1.06. The van der Waals surface area contributed by atoms with Gasteiger partial charge in [-0.25, -0.2) is 0 Å². The summed E-state index contributed by atoms with van der Waals surface area (Å²) in [5.74, 6) is 0. The molecule has 0 aliphatic rings. The standard InChI is InChI=1S/C12H10I3P/c13-16(14,15,11-7-3-1-4-8-11)12-9-5-2-6-10-12/h1-10H. The molecule has 0 aliphatic heterocycles. The van der Waals surface area contributed by atoms with E-state index in [0.29, 0.717) is 0 Å². The molecular formula is C12H10I3P. The summed E-state index contributed by atoms with van der Waals surface area (Å²) in [7, 11) is 0. The normalized spacial score (nSPS) is 14.1. The van der Waals surface area contributed by atoms with Crippen molar-refractivity contribution in [3.05, 3.63) is 60.7 Å². The summed E-state index contributed by atoms with van der Waals surface area (Å²) in [6.45, 7) is 0. The van der Waals surface area contributed by atoms with E-state index in [4.69, 9.17) is 0 Å². The molecule has 0 atom stereocenters. The Morgan fingerprint density at radius 1 is 0.562 bits per heavy atom. The second-order valence-electron chi connectivity index (χ2n) is 3.48. The van der Waals surface area contributed by atoms with E-state index in [0.717, 1.165) is 0 Å². The first kappa shape index (κ1) is 13.5. The molecule has 0 bridgehead atoms. The summed E-state index contributed by atoms with van der Waals surface area (Å²) in [6.07, 6.45) is 0. The molecule has 16 heavy (non-hydrogen) atoms. The summed E-state index contributed by atoms with van der Waals surface area (Å²) in [4.78, 5) is 0. The fourth-order valence-corrected chi connectivity index (χ4v) is 8.90. The van der Waals surface area contributed by atoms with Gasteiger partial charge in [0, 0.05) is 0 Å². The summed E-state index contributed by atoms with van der Waals surface area (Å²) in [5.41, 5.74) is 0. The zero-order valence-corrected chi connectivity index (χ0v) is 15.7. The molecule has 0 radical (unpaired) electrons. The quantitative estimate of drug-likeness (QED) is 0.345. The molecule has 0 saturated heterocycles. The molecule has 4 heteroatoms. The van der Waals surface area contributed by atoms with E-state index in [2.05, 4.69) is 127 Å². The Labute approximate surface area is 135 Å². The van der Waals surface area contributed by atoms with Crippen LogP contribution in [0.15, 0.2) is 60.7 Å². The number of hydrogen-bond donors (Lipinski definition) is 0. The molecule has 0 fully saturated rings. The number of rotatable bonds is 2. The third kappa shape index (κ3) is 2.72. The molecule has 0 amide bonds. The third-order valence-electron chi connectivity index (χ3n) is 2.36.